The molecule has 1 fully saturated rings. The maximum Gasteiger partial charge on any atom is 0.114 e. The van der Waals surface area contributed by atoms with E-state index in [-0.39, 0.29) is 0 Å². The maximum absolute atomic E-state index is 4.35. The Bertz CT molecular complexity index is 375. The maximum atomic E-state index is 4.35. The van der Waals surface area contributed by atoms with Gasteiger partial charge in [-0.3, -0.25) is 0 Å². The Balaban J connectivity index is 2.05. The van der Waals surface area contributed by atoms with Crippen LogP contribution in [0, 0.1) is 5.92 Å². The van der Waals surface area contributed by atoms with Gasteiger partial charge in [0.1, 0.15) is 6.33 Å². The number of aromatic nitrogens is 2. The first-order valence-electron chi connectivity index (χ1n) is 7.60. The summed E-state index contributed by atoms with van der Waals surface area (Å²) in [4.78, 5) is 4.35. The highest BCUT2D eigenvalue weighted by molar-refractivity contribution is 5.09. The van der Waals surface area contributed by atoms with Crippen LogP contribution in [-0.4, -0.2) is 28.3 Å². The van der Waals surface area contributed by atoms with Gasteiger partial charge in [-0.2, -0.15) is 0 Å². The van der Waals surface area contributed by atoms with Crippen LogP contribution >= 0.6 is 0 Å². The van der Waals surface area contributed by atoms with E-state index in [2.05, 4.69) is 47.7 Å². The zero-order valence-corrected chi connectivity index (χ0v) is 12.8. The summed E-state index contributed by atoms with van der Waals surface area (Å²) in [6.45, 7) is 11.1. The van der Waals surface area contributed by atoms with Crippen molar-refractivity contribution in [3.63, 3.8) is 0 Å². The van der Waals surface area contributed by atoms with Gasteiger partial charge >= 0.3 is 0 Å². The highest BCUT2D eigenvalue weighted by Crippen LogP contribution is 2.22. The third kappa shape index (κ3) is 3.50. The van der Waals surface area contributed by atoms with Gasteiger partial charge in [-0.25, -0.2) is 9.66 Å². The fraction of sp³-hybridized carbons (Fsp3) is 0.800. The van der Waals surface area contributed by atoms with Crippen LogP contribution in [0.5, 0.6) is 0 Å². The average molecular weight is 264 g/mol. The first-order valence-corrected chi connectivity index (χ1v) is 7.60. The molecule has 1 N–H and O–H groups in total. The van der Waals surface area contributed by atoms with Crippen molar-refractivity contribution >= 4 is 0 Å². The predicted molar refractivity (Wildman–Crippen MR) is 79.8 cm³/mol. The molecule has 19 heavy (non-hydrogen) atoms. The van der Waals surface area contributed by atoms with Crippen LogP contribution in [0.25, 0.3) is 0 Å². The van der Waals surface area contributed by atoms with Gasteiger partial charge < -0.3 is 10.3 Å². The van der Waals surface area contributed by atoms with Crippen LogP contribution in [-0.2, 0) is 6.54 Å². The SMILES string of the molecule is CC(C)CNCc1cncn1N1C(C)CCCC1C. The number of nitrogens with zero attached hydrogens (tertiary/aromatic N) is 3. The number of piperidine rings is 1. The summed E-state index contributed by atoms with van der Waals surface area (Å²) < 4.78 is 2.27. The van der Waals surface area contributed by atoms with Gasteiger partial charge in [-0.05, 0) is 45.6 Å². The number of hydrogen-bond donors (Lipinski definition) is 1. The summed E-state index contributed by atoms with van der Waals surface area (Å²) in [7, 11) is 0. The van der Waals surface area contributed by atoms with E-state index in [0.717, 1.165) is 13.1 Å². The van der Waals surface area contributed by atoms with Gasteiger partial charge in [0.05, 0.1) is 11.9 Å². The lowest BCUT2D eigenvalue weighted by atomic mass is 10.00. The van der Waals surface area contributed by atoms with Crippen molar-refractivity contribution < 1.29 is 0 Å². The number of nitrogens with one attached hydrogen (secondary N) is 1. The van der Waals surface area contributed by atoms with E-state index in [1.54, 1.807) is 0 Å². The summed E-state index contributed by atoms with van der Waals surface area (Å²) in [5, 5.41) is 6.00. The standard InChI is InChI=1S/C15H28N4/c1-12(2)8-16-9-15-10-17-11-18(15)19-13(3)6-5-7-14(19)4/h10-14,16H,5-9H2,1-4H3. The second-order valence-corrected chi connectivity index (χ2v) is 6.26. The molecule has 0 bridgehead atoms. The molecule has 108 valence electrons. The van der Waals surface area contributed by atoms with Gasteiger partial charge in [0.2, 0.25) is 0 Å². The van der Waals surface area contributed by atoms with Gasteiger partial charge in [-0.15, -0.1) is 0 Å². The van der Waals surface area contributed by atoms with E-state index in [4.69, 9.17) is 0 Å². The van der Waals surface area contributed by atoms with Crippen molar-refractivity contribution in [2.45, 2.75) is 65.6 Å². The molecular weight excluding hydrogens is 236 g/mol. The fourth-order valence-electron chi connectivity index (χ4n) is 2.97. The summed E-state index contributed by atoms with van der Waals surface area (Å²) in [6, 6.07) is 1.20. The molecule has 1 aliphatic rings. The molecule has 2 heterocycles. The molecule has 1 aromatic heterocycles. The van der Waals surface area contributed by atoms with Crippen molar-refractivity contribution in [3.8, 4) is 0 Å². The molecule has 0 spiro atoms. The number of hydrogen-bond acceptors (Lipinski definition) is 3. The highest BCUT2D eigenvalue weighted by atomic mass is 15.6. The first kappa shape index (κ1) is 14.4. The number of rotatable bonds is 5. The molecular formula is C15H28N4. The quantitative estimate of drug-likeness (QED) is 0.887. The normalized spacial score (nSPS) is 24.2. The second-order valence-electron chi connectivity index (χ2n) is 6.26. The van der Waals surface area contributed by atoms with Crippen molar-refractivity contribution in [1.29, 1.82) is 0 Å². The molecule has 2 atom stereocenters. The minimum atomic E-state index is 0.599. The van der Waals surface area contributed by atoms with Crippen LogP contribution in [0.1, 0.15) is 52.7 Å². The van der Waals surface area contributed by atoms with E-state index in [1.807, 2.05) is 12.5 Å². The predicted octanol–water partition coefficient (Wildman–Crippen LogP) is 2.53. The van der Waals surface area contributed by atoms with Gasteiger partial charge in [0, 0.05) is 18.6 Å². The molecule has 2 rings (SSSR count). The largest absolute Gasteiger partial charge is 0.311 e. The lowest BCUT2D eigenvalue weighted by Crippen LogP contribution is -2.51. The molecule has 0 aromatic carbocycles. The molecule has 1 saturated heterocycles. The third-order valence-electron chi connectivity index (χ3n) is 3.95. The van der Waals surface area contributed by atoms with Crippen molar-refractivity contribution in [2.75, 3.05) is 11.6 Å². The van der Waals surface area contributed by atoms with Crippen LogP contribution in [0.2, 0.25) is 0 Å². The Morgan fingerprint density at radius 2 is 2.00 bits per heavy atom. The second kappa shape index (κ2) is 6.42. The van der Waals surface area contributed by atoms with Crippen LogP contribution in [0.3, 0.4) is 0 Å². The van der Waals surface area contributed by atoms with Gasteiger partial charge in [0.15, 0.2) is 0 Å². The summed E-state index contributed by atoms with van der Waals surface area (Å²) in [5.41, 5.74) is 1.27. The molecule has 1 aromatic rings. The Kier molecular flexibility index (Phi) is 4.86. The summed E-state index contributed by atoms with van der Waals surface area (Å²) in [5.74, 6) is 0.684. The number of imidazole rings is 1. The first-order chi connectivity index (χ1) is 9.09. The third-order valence-corrected chi connectivity index (χ3v) is 3.95. The van der Waals surface area contributed by atoms with Crippen LogP contribution in [0.4, 0.5) is 0 Å². The molecule has 0 radical (unpaired) electrons. The summed E-state index contributed by atoms with van der Waals surface area (Å²) >= 11 is 0. The van der Waals surface area contributed by atoms with E-state index in [1.165, 1.54) is 25.0 Å². The van der Waals surface area contributed by atoms with E-state index >= 15 is 0 Å². The Morgan fingerprint density at radius 1 is 1.32 bits per heavy atom. The molecule has 4 nitrogen and oxygen atoms in total. The minimum Gasteiger partial charge on any atom is -0.311 e. The Labute approximate surface area is 117 Å². The van der Waals surface area contributed by atoms with Crippen molar-refractivity contribution in [2.24, 2.45) is 5.92 Å². The minimum absolute atomic E-state index is 0.599. The molecule has 2 unspecified atom stereocenters. The zero-order chi connectivity index (χ0) is 13.8. The van der Waals surface area contributed by atoms with Crippen molar-refractivity contribution in [3.05, 3.63) is 18.2 Å². The van der Waals surface area contributed by atoms with Gasteiger partial charge in [0.25, 0.3) is 0 Å². The molecule has 0 saturated carbocycles. The molecule has 4 heteroatoms. The average Bonchev–Trinajstić information content (AvgIpc) is 2.77. The molecule has 1 aliphatic heterocycles. The Hall–Kier alpha value is -1.03. The summed E-state index contributed by atoms with van der Waals surface area (Å²) in [6.07, 6.45) is 7.85. The van der Waals surface area contributed by atoms with E-state index in [0.29, 0.717) is 18.0 Å². The fourth-order valence-corrected chi connectivity index (χ4v) is 2.97. The van der Waals surface area contributed by atoms with Crippen LogP contribution in [0.15, 0.2) is 12.5 Å². The lowest BCUT2D eigenvalue weighted by Gasteiger charge is -2.41. The monoisotopic (exact) mass is 264 g/mol. The molecule has 0 amide bonds. The Morgan fingerprint density at radius 3 is 2.63 bits per heavy atom. The van der Waals surface area contributed by atoms with Crippen LogP contribution < -0.4 is 10.3 Å². The smallest absolute Gasteiger partial charge is 0.114 e. The van der Waals surface area contributed by atoms with Crippen molar-refractivity contribution in [1.82, 2.24) is 15.0 Å². The highest BCUT2D eigenvalue weighted by Gasteiger charge is 2.26. The molecule has 0 aliphatic carbocycles. The topological polar surface area (TPSA) is 33.1 Å². The zero-order valence-electron chi connectivity index (χ0n) is 12.8. The van der Waals surface area contributed by atoms with E-state index in [9.17, 15) is 0 Å². The van der Waals surface area contributed by atoms with Gasteiger partial charge in [-0.1, -0.05) is 13.8 Å². The van der Waals surface area contributed by atoms with E-state index < -0.39 is 0 Å². The lowest BCUT2D eigenvalue weighted by molar-refractivity contribution is 0.329.